The second-order valence-electron chi connectivity index (χ2n) is 7.31. The maximum Gasteiger partial charge on any atom is 0.196 e. The van der Waals surface area contributed by atoms with Gasteiger partial charge in [-0.3, -0.25) is 9.69 Å². The van der Waals surface area contributed by atoms with Crippen LogP contribution in [0.2, 0.25) is 0 Å². The molecule has 0 amide bonds. The van der Waals surface area contributed by atoms with Crippen LogP contribution in [-0.4, -0.2) is 17.2 Å². The van der Waals surface area contributed by atoms with E-state index in [1.807, 2.05) is 12.1 Å². The Balaban J connectivity index is 1.61. The molecule has 3 aromatic rings. The average molecular weight is 360 g/mol. The normalized spacial score (nSPS) is 18.5. The van der Waals surface area contributed by atoms with Crippen LogP contribution in [-0.2, 0) is 13.1 Å². The van der Waals surface area contributed by atoms with Crippen LogP contribution in [0.25, 0.3) is 0 Å². The first-order valence-electron chi connectivity index (χ1n) is 8.94. The molecule has 1 unspecified atom stereocenters. The van der Waals surface area contributed by atoms with Crippen LogP contribution in [0.1, 0.15) is 49.0 Å². The van der Waals surface area contributed by atoms with Gasteiger partial charge in [-0.15, -0.1) is 11.3 Å². The average Bonchev–Trinajstić information content (AvgIpc) is 2.96. The highest BCUT2D eigenvalue weighted by molar-refractivity contribution is 7.16. The van der Waals surface area contributed by atoms with E-state index in [1.165, 1.54) is 27.1 Å². The molecule has 1 atom stereocenters. The lowest BCUT2D eigenvalue weighted by Gasteiger charge is -2.36. The van der Waals surface area contributed by atoms with Gasteiger partial charge in [-0.1, -0.05) is 54.1 Å². The maximum absolute atomic E-state index is 13.0. The fourth-order valence-electron chi connectivity index (χ4n) is 4.38. The third-order valence-electron chi connectivity index (χ3n) is 5.51. The van der Waals surface area contributed by atoms with Gasteiger partial charge in [-0.2, -0.15) is 0 Å². The quantitative estimate of drug-likeness (QED) is 0.740. The summed E-state index contributed by atoms with van der Waals surface area (Å²) in [7, 11) is 0. The number of thiophene rings is 1. The van der Waals surface area contributed by atoms with Crippen molar-refractivity contribution in [2.24, 2.45) is 0 Å². The standard InChI is InChI=1S/C22H20N2OS/c1-13-7-8-15-16(9-13)17-11-24(10-14-5-3-2-4-6-14)12-18-19(17)20(21(15)25)22(23)26-18/h2-9,17H,10-12,23H2,1H3. The number of nitrogens with two attached hydrogens (primary N) is 1. The summed E-state index contributed by atoms with van der Waals surface area (Å²) in [6.07, 6.45) is 0. The predicted octanol–water partition coefficient (Wildman–Crippen LogP) is 4.33. The van der Waals surface area contributed by atoms with E-state index in [-0.39, 0.29) is 11.7 Å². The lowest BCUT2D eigenvalue weighted by molar-refractivity contribution is 0.103. The number of hydrogen-bond donors (Lipinski definition) is 1. The number of rotatable bonds is 2. The molecule has 2 aromatic carbocycles. The highest BCUT2D eigenvalue weighted by Crippen LogP contribution is 2.48. The van der Waals surface area contributed by atoms with Gasteiger partial charge in [0.05, 0.1) is 10.6 Å². The minimum atomic E-state index is 0.0998. The van der Waals surface area contributed by atoms with Crippen molar-refractivity contribution in [2.45, 2.75) is 25.9 Å². The van der Waals surface area contributed by atoms with E-state index >= 15 is 0 Å². The molecule has 4 heteroatoms. The van der Waals surface area contributed by atoms with Gasteiger partial charge in [0.2, 0.25) is 0 Å². The Morgan fingerprint density at radius 3 is 2.81 bits per heavy atom. The number of carbonyl (C=O) groups is 1. The second-order valence-corrected chi connectivity index (χ2v) is 8.44. The number of aryl methyl sites for hydroxylation is 1. The Labute approximate surface area is 157 Å². The van der Waals surface area contributed by atoms with Gasteiger partial charge >= 0.3 is 0 Å². The van der Waals surface area contributed by atoms with Crippen molar-refractivity contribution in [3.63, 3.8) is 0 Å². The number of nitrogen functional groups attached to an aromatic ring is 1. The third-order valence-corrected chi connectivity index (χ3v) is 6.53. The van der Waals surface area contributed by atoms with E-state index in [2.05, 4.69) is 48.2 Å². The van der Waals surface area contributed by atoms with E-state index in [4.69, 9.17) is 5.73 Å². The smallest absolute Gasteiger partial charge is 0.196 e. The van der Waals surface area contributed by atoms with Crippen LogP contribution in [0.4, 0.5) is 5.00 Å². The minimum Gasteiger partial charge on any atom is -0.390 e. The van der Waals surface area contributed by atoms with E-state index < -0.39 is 0 Å². The molecule has 1 aliphatic carbocycles. The molecule has 2 heterocycles. The molecular formula is C22H20N2OS. The number of fused-ring (bicyclic) bond motifs is 2. The molecule has 2 aliphatic rings. The van der Waals surface area contributed by atoms with Crippen LogP contribution >= 0.6 is 11.3 Å². The van der Waals surface area contributed by atoms with Crippen molar-refractivity contribution in [3.05, 3.63) is 86.8 Å². The van der Waals surface area contributed by atoms with Gasteiger partial charge in [0.25, 0.3) is 0 Å². The van der Waals surface area contributed by atoms with Crippen LogP contribution in [0.15, 0.2) is 48.5 Å². The monoisotopic (exact) mass is 360 g/mol. The molecule has 3 nitrogen and oxygen atoms in total. The Kier molecular flexibility index (Phi) is 3.52. The van der Waals surface area contributed by atoms with E-state index in [0.717, 1.165) is 30.8 Å². The summed E-state index contributed by atoms with van der Waals surface area (Å²) >= 11 is 1.59. The van der Waals surface area contributed by atoms with Gasteiger partial charge in [0, 0.05) is 36.0 Å². The first kappa shape index (κ1) is 15.8. The number of nitrogens with zero attached hydrogens (tertiary/aromatic N) is 1. The molecule has 0 saturated heterocycles. The SMILES string of the molecule is Cc1ccc2c(c1)C1CN(Cc3ccccc3)Cc3sc(N)c(c31)C2=O. The zero-order chi connectivity index (χ0) is 17.8. The summed E-state index contributed by atoms with van der Waals surface area (Å²) in [6.45, 7) is 4.80. The van der Waals surface area contributed by atoms with Gasteiger partial charge in [0.15, 0.2) is 5.78 Å². The molecule has 0 bridgehead atoms. The van der Waals surface area contributed by atoms with E-state index in [1.54, 1.807) is 11.3 Å². The summed E-state index contributed by atoms with van der Waals surface area (Å²) < 4.78 is 0. The lowest BCUT2D eigenvalue weighted by atomic mass is 9.75. The van der Waals surface area contributed by atoms with Crippen LogP contribution in [0, 0.1) is 6.92 Å². The molecule has 0 saturated carbocycles. The Bertz CT molecular complexity index is 1020. The van der Waals surface area contributed by atoms with E-state index in [9.17, 15) is 4.79 Å². The number of benzene rings is 2. The van der Waals surface area contributed by atoms with E-state index in [0.29, 0.717) is 5.00 Å². The predicted molar refractivity (Wildman–Crippen MR) is 106 cm³/mol. The first-order chi connectivity index (χ1) is 12.6. The molecular weight excluding hydrogens is 340 g/mol. The van der Waals surface area contributed by atoms with Crippen molar-refractivity contribution in [1.82, 2.24) is 4.90 Å². The third kappa shape index (κ3) is 2.33. The maximum atomic E-state index is 13.0. The molecule has 0 radical (unpaired) electrons. The summed E-state index contributed by atoms with van der Waals surface area (Å²) in [5, 5.41) is 0.679. The minimum absolute atomic E-state index is 0.0998. The second kappa shape index (κ2) is 5.79. The Hall–Kier alpha value is -2.43. The van der Waals surface area contributed by atoms with Crippen molar-refractivity contribution in [2.75, 3.05) is 12.3 Å². The highest BCUT2D eigenvalue weighted by Gasteiger charge is 2.40. The van der Waals surface area contributed by atoms with Gasteiger partial charge in [-0.25, -0.2) is 0 Å². The van der Waals surface area contributed by atoms with Gasteiger partial charge in [-0.05, 0) is 23.6 Å². The zero-order valence-corrected chi connectivity index (χ0v) is 15.5. The van der Waals surface area contributed by atoms with Gasteiger partial charge in [0.1, 0.15) is 0 Å². The lowest BCUT2D eigenvalue weighted by Crippen LogP contribution is -2.36. The number of anilines is 1. The number of hydrogen-bond acceptors (Lipinski definition) is 4. The van der Waals surface area contributed by atoms with Crippen LogP contribution in [0.5, 0.6) is 0 Å². The molecule has 130 valence electrons. The van der Waals surface area contributed by atoms with Gasteiger partial charge < -0.3 is 5.73 Å². The van der Waals surface area contributed by atoms with Crippen molar-refractivity contribution >= 4 is 22.1 Å². The molecule has 1 aromatic heterocycles. The van der Waals surface area contributed by atoms with Crippen LogP contribution < -0.4 is 5.73 Å². The van der Waals surface area contributed by atoms with Crippen molar-refractivity contribution in [1.29, 1.82) is 0 Å². The molecule has 5 rings (SSSR count). The molecule has 0 spiro atoms. The number of ketones is 1. The fourth-order valence-corrected chi connectivity index (χ4v) is 5.55. The molecule has 0 fully saturated rings. The fraction of sp³-hybridized carbons (Fsp3) is 0.227. The molecule has 1 aliphatic heterocycles. The Morgan fingerprint density at radius 2 is 2.00 bits per heavy atom. The van der Waals surface area contributed by atoms with Crippen LogP contribution in [0.3, 0.4) is 0 Å². The molecule has 2 N–H and O–H groups in total. The van der Waals surface area contributed by atoms with Crippen molar-refractivity contribution < 1.29 is 4.79 Å². The topological polar surface area (TPSA) is 46.3 Å². The Morgan fingerprint density at radius 1 is 1.19 bits per heavy atom. The summed E-state index contributed by atoms with van der Waals surface area (Å²) in [4.78, 5) is 16.8. The van der Waals surface area contributed by atoms with Crippen molar-refractivity contribution in [3.8, 4) is 0 Å². The molecule has 26 heavy (non-hydrogen) atoms. The largest absolute Gasteiger partial charge is 0.390 e. The summed E-state index contributed by atoms with van der Waals surface area (Å²) in [5.41, 5.74) is 12.8. The number of carbonyl (C=O) groups excluding carboxylic acids is 1. The summed E-state index contributed by atoms with van der Waals surface area (Å²) in [5.74, 6) is 0.335. The summed E-state index contributed by atoms with van der Waals surface area (Å²) in [6, 6.07) is 16.8. The first-order valence-corrected chi connectivity index (χ1v) is 9.76. The zero-order valence-electron chi connectivity index (χ0n) is 14.7. The highest BCUT2D eigenvalue weighted by atomic mass is 32.1.